The van der Waals surface area contributed by atoms with Gasteiger partial charge in [-0.25, -0.2) is 0 Å². The SMILES string of the molecule is N#CC(=CC(N)=O)c1ccc(-c2ccccc2)cc1. The van der Waals surface area contributed by atoms with Gasteiger partial charge in [0.1, 0.15) is 0 Å². The van der Waals surface area contributed by atoms with Crippen molar-refractivity contribution in [3.8, 4) is 17.2 Å². The van der Waals surface area contributed by atoms with E-state index < -0.39 is 5.91 Å². The number of rotatable bonds is 3. The van der Waals surface area contributed by atoms with Crippen LogP contribution < -0.4 is 5.73 Å². The average Bonchev–Trinajstić information content (AvgIpc) is 2.46. The van der Waals surface area contributed by atoms with Crippen LogP contribution in [0.4, 0.5) is 0 Å². The molecule has 19 heavy (non-hydrogen) atoms. The van der Waals surface area contributed by atoms with Gasteiger partial charge in [0.15, 0.2) is 0 Å². The van der Waals surface area contributed by atoms with Crippen molar-refractivity contribution >= 4 is 11.5 Å². The van der Waals surface area contributed by atoms with Crippen molar-refractivity contribution in [1.29, 1.82) is 5.26 Å². The van der Waals surface area contributed by atoms with Gasteiger partial charge >= 0.3 is 0 Å². The topological polar surface area (TPSA) is 66.9 Å². The largest absolute Gasteiger partial charge is 0.366 e. The monoisotopic (exact) mass is 248 g/mol. The zero-order chi connectivity index (χ0) is 13.7. The molecular weight excluding hydrogens is 236 g/mol. The standard InChI is InChI=1S/C16H12N2O/c17-11-15(10-16(18)19)14-8-6-13(7-9-14)12-4-2-1-3-5-12/h1-10H,(H2,18,19). The predicted molar refractivity (Wildman–Crippen MR) is 74.7 cm³/mol. The fourth-order valence-corrected chi connectivity index (χ4v) is 1.80. The number of nitrogens with two attached hydrogens (primary N) is 1. The summed E-state index contributed by atoms with van der Waals surface area (Å²) >= 11 is 0. The maximum atomic E-state index is 10.8. The van der Waals surface area contributed by atoms with E-state index in [9.17, 15) is 4.79 Å². The highest BCUT2D eigenvalue weighted by Gasteiger charge is 2.03. The Morgan fingerprint density at radius 1 is 1.00 bits per heavy atom. The smallest absolute Gasteiger partial charge is 0.242 e. The minimum atomic E-state index is -0.622. The number of benzene rings is 2. The molecule has 0 saturated heterocycles. The molecule has 0 fully saturated rings. The molecule has 0 atom stereocenters. The molecule has 92 valence electrons. The first kappa shape index (κ1) is 12.6. The molecule has 3 nitrogen and oxygen atoms in total. The number of nitrogens with zero attached hydrogens (tertiary/aromatic N) is 1. The second-order valence-electron chi connectivity index (χ2n) is 4.02. The van der Waals surface area contributed by atoms with Gasteiger partial charge in [0.05, 0.1) is 11.6 Å². The van der Waals surface area contributed by atoms with Crippen LogP contribution >= 0.6 is 0 Å². The summed E-state index contributed by atoms with van der Waals surface area (Å²) in [6, 6.07) is 19.3. The molecule has 2 aromatic rings. The predicted octanol–water partition coefficient (Wildman–Crippen LogP) is 2.75. The third-order valence-corrected chi connectivity index (χ3v) is 2.71. The van der Waals surface area contributed by atoms with Crippen molar-refractivity contribution < 1.29 is 4.79 Å². The van der Waals surface area contributed by atoms with Crippen LogP contribution in [0.25, 0.3) is 16.7 Å². The summed E-state index contributed by atoms with van der Waals surface area (Å²) in [5, 5.41) is 8.99. The average molecular weight is 248 g/mol. The molecule has 2 rings (SSSR count). The number of allylic oxidation sites excluding steroid dienone is 1. The quantitative estimate of drug-likeness (QED) is 0.670. The Labute approximate surface area is 111 Å². The van der Waals surface area contributed by atoms with Crippen LogP contribution in [-0.4, -0.2) is 5.91 Å². The Bertz CT molecular complexity index is 649. The van der Waals surface area contributed by atoms with Gasteiger partial charge in [-0.2, -0.15) is 5.26 Å². The number of amides is 1. The second-order valence-corrected chi connectivity index (χ2v) is 4.02. The second kappa shape index (κ2) is 5.65. The minimum absolute atomic E-state index is 0.270. The van der Waals surface area contributed by atoms with Gasteiger partial charge in [-0.1, -0.05) is 54.6 Å². The Kier molecular flexibility index (Phi) is 3.75. The highest BCUT2D eigenvalue weighted by atomic mass is 16.1. The summed E-state index contributed by atoms with van der Waals surface area (Å²) in [5.41, 5.74) is 8.17. The summed E-state index contributed by atoms with van der Waals surface area (Å²) in [7, 11) is 0. The van der Waals surface area contributed by atoms with Gasteiger partial charge in [-0.3, -0.25) is 4.79 Å². The van der Waals surface area contributed by atoms with Crippen LogP contribution in [0.5, 0.6) is 0 Å². The first-order valence-corrected chi connectivity index (χ1v) is 5.78. The van der Waals surface area contributed by atoms with Crippen molar-refractivity contribution in [3.05, 3.63) is 66.2 Å². The molecule has 0 aromatic heterocycles. The summed E-state index contributed by atoms with van der Waals surface area (Å²) in [4.78, 5) is 10.8. The molecule has 0 aliphatic rings. The number of hydrogen-bond donors (Lipinski definition) is 1. The summed E-state index contributed by atoms with van der Waals surface area (Å²) in [6.45, 7) is 0. The van der Waals surface area contributed by atoms with Gasteiger partial charge in [0.2, 0.25) is 5.91 Å². The van der Waals surface area contributed by atoms with Crippen LogP contribution in [-0.2, 0) is 4.79 Å². The summed E-state index contributed by atoms with van der Waals surface area (Å²) < 4.78 is 0. The van der Waals surface area contributed by atoms with Crippen molar-refractivity contribution in [2.45, 2.75) is 0 Å². The van der Waals surface area contributed by atoms with Crippen molar-refractivity contribution in [1.82, 2.24) is 0 Å². The molecular formula is C16H12N2O. The third-order valence-electron chi connectivity index (χ3n) is 2.71. The van der Waals surface area contributed by atoms with E-state index in [1.807, 2.05) is 48.5 Å². The number of primary amides is 1. The molecule has 0 saturated carbocycles. The molecule has 0 spiro atoms. The lowest BCUT2D eigenvalue weighted by Gasteiger charge is -2.03. The van der Waals surface area contributed by atoms with Gasteiger partial charge in [0.25, 0.3) is 0 Å². The molecule has 2 aromatic carbocycles. The van der Waals surface area contributed by atoms with Crippen molar-refractivity contribution in [3.63, 3.8) is 0 Å². The Morgan fingerprint density at radius 2 is 1.58 bits per heavy atom. The maximum Gasteiger partial charge on any atom is 0.242 e. The summed E-state index contributed by atoms with van der Waals surface area (Å²) in [6.07, 6.45) is 1.14. The van der Waals surface area contributed by atoms with E-state index in [0.717, 1.165) is 17.2 Å². The molecule has 3 heteroatoms. The van der Waals surface area contributed by atoms with E-state index in [1.165, 1.54) is 0 Å². The first-order valence-electron chi connectivity index (χ1n) is 5.78. The van der Waals surface area contributed by atoms with E-state index in [2.05, 4.69) is 0 Å². The van der Waals surface area contributed by atoms with Crippen LogP contribution in [0, 0.1) is 11.3 Å². The van der Waals surface area contributed by atoms with Gasteiger partial charge in [-0.05, 0) is 16.7 Å². The first-order chi connectivity index (χ1) is 9.20. The molecule has 0 unspecified atom stereocenters. The normalized spacial score (nSPS) is 10.8. The van der Waals surface area contributed by atoms with E-state index in [-0.39, 0.29) is 5.57 Å². The van der Waals surface area contributed by atoms with Crippen molar-refractivity contribution in [2.75, 3.05) is 0 Å². The zero-order valence-corrected chi connectivity index (χ0v) is 10.2. The van der Waals surface area contributed by atoms with Crippen LogP contribution in [0.2, 0.25) is 0 Å². The highest BCUT2D eigenvalue weighted by molar-refractivity contribution is 5.97. The number of hydrogen-bond acceptors (Lipinski definition) is 2. The Hall–Kier alpha value is -2.86. The van der Waals surface area contributed by atoms with Crippen molar-refractivity contribution in [2.24, 2.45) is 5.73 Å². The lowest BCUT2D eigenvalue weighted by atomic mass is 10.0. The van der Waals surface area contributed by atoms with E-state index >= 15 is 0 Å². The van der Waals surface area contributed by atoms with E-state index in [0.29, 0.717) is 5.56 Å². The maximum absolute atomic E-state index is 10.8. The van der Waals surface area contributed by atoms with Gasteiger partial charge in [0, 0.05) is 6.08 Å². The Balaban J connectivity index is 2.34. The fourth-order valence-electron chi connectivity index (χ4n) is 1.80. The molecule has 2 N–H and O–H groups in total. The van der Waals surface area contributed by atoms with Crippen LogP contribution in [0.3, 0.4) is 0 Å². The zero-order valence-electron chi connectivity index (χ0n) is 10.2. The number of nitriles is 1. The molecule has 0 radical (unpaired) electrons. The van der Waals surface area contributed by atoms with Crippen LogP contribution in [0.1, 0.15) is 5.56 Å². The van der Waals surface area contributed by atoms with Crippen LogP contribution in [0.15, 0.2) is 60.7 Å². The molecule has 0 aliphatic carbocycles. The lowest BCUT2D eigenvalue weighted by Crippen LogP contribution is -2.06. The lowest BCUT2D eigenvalue weighted by molar-refractivity contribution is -0.113. The molecule has 0 heterocycles. The Morgan fingerprint density at radius 3 is 2.11 bits per heavy atom. The molecule has 1 amide bonds. The van der Waals surface area contributed by atoms with E-state index in [1.54, 1.807) is 12.1 Å². The minimum Gasteiger partial charge on any atom is -0.366 e. The van der Waals surface area contributed by atoms with Gasteiger partial charge < -0.3 is 5.73 Å². The molecule has 0 aliphatic heterocycles. The van der Waals surface area contributed by atoms with E-state index in [4.69, 9.17) is 11.0 Å². The number of carbonyl (C=O) groups is 1. The summed E-state index contributed by atoms with van der Waals surface area (Å²) in [5.74, 6) is -0.622. The number of carbonyl (C=O) groups excluding carboxylic acids is 1. The fraction of sp³-hybridized carbons (Fsp3) is 0. The third kappa shape index (κ3) is 3.08. The van der Waals surface area contributed by atoms with Gasteiger partial charge in [-0.15, -0.1) is 0 Å². The highest BCUT2D eigenvalue weighted by Crippen LogP contribution is 2.21. The molecule has 0 bridgehead atoms.